The van der Waals surface area contributed by atoms with Crippen LogP contribution in [0.1, 0.15) is 494 Å². The molecular weight excluding hydrogens is 1180 g/mol. The molecular formula is C98H172. The van der Waals surface area contributed by atoms with Gasteiger partial charge in [-0.1, -0.05) is 347 Å². The van der Waals surface area contributed by atoms with Crippen LogP contribution in [0.5, 0.6) is 0 Å². The molecule has 16 bridgehead atoms. The molecule has 21 atom stereocenters. The van der Waals surface area contributed by atoms with Gasteiger partial charge in [0, 0.05) is 0 Å². The Labute approximate surface area is 613 Å². The van der Waals surface area contributed by atoms with Crippen molar-refractivity contribution >= 4 is 0 Å². The maximum atomic E-state index is 1.74. The van der Waals surface area contributed by atoms with Gasteiger partial charge >= 0.3 is 0 Å². The van der Waals surface area contributed by atoms with Crippen LogP contribution in [0.2, 0.25) is 0 Å². The number of rotatable bonds is 0. The molecule has 0 aromatic carbocycles. The van der Waals surface area contributed by atoms with Crippen molar-refractivity contribution < 1.29 is 0 Å². The highest BCUT2D eigenvalue weighted by Gasteiger charge is 2.67. The van der Waals surface area contributed by atoms with Gasteiger partial charge in [-0.3, -0.25) is 0 Å². The Kier molecular flexibility index (Phi) is 31.3. The van der Waals surface area contributed by atoms with Crippen molar-refractivity contribution in [1.82, 2.24) is 0 Å². The summed E-state index contributed by atoms with van der Waals surface area (Å²) >= 11 is 0. The van der Waals surface area contributed by atoms with Crippen LogP contribution in [0.15, 0.2) is 0 Å². The van der Waals surface area contributed by atoms with E-state index in [9.17, 15) is 0 Å². The normalized spacial score (nSPS) is 44.6. The molecule has 0 amide bonds. The zero-order chi connectivity index (χ0) is 66.3. The van der Waals surface area contributed by atoms with Crippen LogP contribution in [0.25, 0.3) is 0 Å². The van der Waals surface area contributed by atoms with Gasteiger partial charge in [-0.15, -0.1) is 0 Å². The van der Waals surface area contributed by atoms with Crippen LogP contribution >= 0.6 is 0 Å². The van der Waals surface area contributed by atoms with Crippen molar-refractivity contribution in [3.8, 4) is 0 Å². The predicted molar refractivity (Wildman–Crippen MR) is 426 cm³/mol. The average molecular weight is 1350 g/mol. The van der Waals surface area contributed by atoms with Gasteiger partial charge in [0.1, 0.15) is 0 Å². The van der Waals surface area contributed by atoms with Crippen molar-refractivity contribution in [2.45, 2.75) is 494 Å². The van der Waals surface area contributed by atoms with E-state index in [1.807, 2.05) is 0 Å². The summed E-state index contributed by atoms with van der Waals surface area (Å²) in [5.74, 6) is 19.1. The summed E-state index contributed by atoms with van der Waals surface area (Å²) in [6.07, 6.45) is 122. The van der Waals surface area contributed by atoms with Gasteiger partial charge in [0.15, 0.2) is 0 Å². The largest absolute Gasteiger partial charge is 0.0533 e. The van der Waals surface area contributed by atoms with E-state index >= 15 is 0 Å². The third-order valence-corrected chi connectivity index (χ3v) is 36.2. The SMILES string of the molecule is C1CCCCCCCCCC2CCCCCCCCCCCCCCCC34CCCC(CCCCCCCCC1)C1CC5CC36CCC3CC(CCCC7CC8CCC9CCC%10CCCCCCCCC(CCCCCCCC%10CCC9CCC8CC73CC4)CC2)C2CC1CC5CC26. The molecule has 0 nitrogen and oxygen atoms in total. The predicted octanol–water partition coefficient (Wildman–Crippen LogP) is 32.3. The molecule has 0 saturated heterocycles. The first-order chi connectivity index (χ1) is 48.5. The van der Waals surface area contributed by atoms with Gasteiger partial charge in [0.25, 0.3) is 0 Å². The van der Waals surface area contributed by atoms with Crippen molar-refractivity contribution in [1.29, 1.82) is 0 Å². The molecule has 0 radical (unpaired) electrons. The summed E-state index contributed by atoms with van der Waals surface area (Å²) in [7, 11) is 0. The van der Waals surface area contributed by atoms with Crippen LogP contribution in [-0.2, 0) is 0 Å². The van der Waals surface area contributed by atoms with Crippen LogP contribution in [0, 0.1) is 123 Å². The lowest BCUT2D eigenvalue weighted by molar-refractivity contribution is -0.188. The molecule has 0 aromatic rings. The molecule has 0 N–H and O–H groups in total. The van der Waals surface area contributed by atoms with Gasteiger partial charge in [-0.2, -0.15) is 0 Å². The Hall–Kier alpha value is 0. The quantitative estimate of drug-likeness (QED) is 0.227. The topological polar surface area (TPSA) is 0 Å². The van der Waals surface area contributed by atoms with E-state index in [-0.39, 0.29) is 0 Å². The molecule has 13 saturated carbocycles. The Morgan fingerprint density at radius 2 is 0.541 bits per heavy atom. The summed E-state index contributed by atoms with van der Waals surface area (Å²) < 4.78 is 0. The molecule has 98 heavy (non-hydrogen) atoms. The van der Waals surface area contributed by atoms with Crippen molar-refractivity contribution in [2.24, 2.45) is 123 Å². The van der Waals surface area contributed by atoms with Crippen molar-refractivity contribution in [3.63, 3.8) is 0 Å². The number of hydrogen-bond acceptors (Lipinski definition) is 0. The minimum Gasteiger partial charge on any atom is -0.0533 e. The van der Waals surface area contributed by atoms with E-state index in [0.29, 0.717) is 16.2 Å². The lowest BCUT2D eigenvalue weighted by Crippen LogP contribution is -2.60. The fourth-order valence-corrected chi connectivity index (χ4v) is 30.8. The molecule has 21 unspecified atom stereocenters. The molecule has 0 aromatic heterocycles. The summed E-state index contributed by atoms with van der Waals surface area (Å²) in [4.78, 5) is 0. The molecule has 13 aliphatic carbocycles. The molecule has 13 aliphatic rings. The summed E-state index contributed by atoms with van der Waals surface area (Å²) in [5.41, 5.74) is 1.97. The molecule has 564 valence electrons. The van der Waals surface area contributed by atoms with E-state index in [4.69, 9.17) is 0 Å². The average Bonchev–Trinajstić information content (AvgIpc) is 0.937. The number of hydrogen-bond donors (Lipinski definition) is 0. The summed E-state index contributed by atoms with van der Waals surface area (Å²) in [5, 5.41) is 0. The second-order valence-electron chi connectivity index (χ2n) is 41.4. The second kappa shape index (κ2) is 40.3. The van der Waals surface area contributed by atoms with Gasteiger partial charge < -0.3 is 0 Å². The monoisotopic (exact) mass is 1350 g/mol. The highest BCUT2D eigenvalue weighted by molar-refractivity contribution is 5.17. The smallest absolute Gasteiger partial charge is 0.0207 e. The maximum Gasteiger partial charge on any atom is -0.0207 e. The Morgan fingerprint density at radius 3 is 1.05 bits per heavy atom. The molecule has 0 heterocycles. The minimum atomic E-state index is 0.627. The third-order valence-electron chi connectivity index (χ3n) is 36.2. The Balaban J connectivity index is 0.771. The molecule has 0 heteroatoms. The van der Waals surface area contributed by atoms with E-state index in [0.717, 1.165) is 107 Å². The van der Waals surface area contributed by atoms with Crippen molar-refractivity contribution in [2.75, 3.05) is 0 Å². The molecule has 3 spiro atoms. The van der Waals surface area contributed by atoms with E-state index in [1.165, 1.54) is 193 Å². The molecule has 13 fully saturated rings. The van der Waals surface area contributed by atoms with Gasteiger partial charge in [-0.25, -0.2) is 0 Å². The van der Waals surface area contributed by atoms with Crippen LogP contribution in [0.4, 0.5) is 0 Å². The summed E-state index contributed by atoms with van der Waals surface area (Å²) in [6, 6.07) is 0. The Bertz CT molecular complexity index is 2150. The van der Waals surface area contributed by atoms with Gasteiger partial charge in [-0.05, 0) is 270 Å². The molecule has 0 aliphatic heterocycles. The first kappa shape index (κ1) is 76.2. The Morgan fingerprint density at radius 1 is 0.163 bits per heavy atom. The van der Waals surface area contributed by atoms with E-state index in [2.05, 4.69) is 0 Å². The second-order valence-corrected chi connectivity index (χ2v) is 41.4. The van der Waals surface area contributed by atoms with E-state index < -0.39 is 0 Å². The zero-order valence-electron chi connectivity index (χ0n) is 66.3. The summed E-state index contributed by atoms with van der Waals surface area (Å²) in [6.45, 7) is 0. The third kappa shape index (κ3) is 20.4. The van der Waals surface area contributed by atoms with Gasteiger partial charge in [0.2, 0.25) is 0 Å². The molecule has 13 rings (SSSR count). The minimum absolute atomic E-state index is 0.627. The lowest BCUT2D eigenvalue weighted by Gasteiger charge is -2.68. The van der Waals surface area contributed by atoms with Crippen LogP contribution < -0.4 is 0 Å². The van der Waals surface area contributed by atoms with Crippen LogP contribution in [0.3, 0.4) is 0 Å². The van der Waals surface area contributed by atoms with E-state index in [1.54, 1.807) is 302 Å². The maximum absolute atomic E-state index is 1.74. The standard InChI is InChI=1S/C98H172/c1-2-4-7-11-15-19-26-34-44-78-45-35-27-20-16-12-8-6-10-14-18-24-33-41-65-96-66-43-52-84(50-40-31-21-17-13-9-5-3-1)93-74-90-77-98(96)67-64-92-72-86(94-73-89(93)70-88(90)75-95(94)98)51-42-53-91-71-85-62-60-82-58-56-80-48-38-30-23-22-28-36-46-79(55-54-78)47-37-29-25-32-39-49-81(80)57-59-83(82)61-63-87(85)76-97(91,92)69-68-96/h78-95H,1-77H2. The highest BCUT2D eigenvalue weighted by Crippen LogP contribution is 2.76. The first-order valence-electron chi connectivity index (χ1n) is 48.5. The fourth-order valence-electron chi connectivity index (χ4n) is 30.8. The lowest BCUT2D eigenvalue weighted by atomic mass is 9.36. The van der Waals surface area contributed by atoms with Crippen molar-refractivity contribution in [3.05, 3.63) is 0 Å². The number of fused-ring (bicyclic) bond motifs is 35. The zero-order valence-corrected chi connectivity index (χ0v) is 66.3. The van der Waals surface area contributed by atoms with Crippen LogP contribution in [-0.4, -0.2) is 0 Å². The highest BCUT2D eigenvalue weighted by atomic mass is 14.7. The van der Waals surface area contributed by atoms with Gasteiger partial charge in [0.05, 0.1) is 0 Å². The first-order valence-corrected chi connectivity index (χ1v) is 48.5. The fraction of sp³-hybridized carbons (Fsp3) is 1.00.